The first-order valence-corrected chi connectivity index (χ1v) is 9.28. The minimum absolute atomic E-state index is 0.493. The van der Waals surface area contributed by atoms with Crippen molar-refractivity contribution in [3.8, 4) is 6.07 Å². The predicted octanol–water partition coefficient (Wildman–Crippen LogP) is 3.33. The standard InChI is InChI=1S/C16H22ClN3.C4H8O2/c1-12(2)10-20(15-6-7-19(3)11-15)14-5-4-13(9-18)16(17)8-14;1-4(2,6)3-5/h4-5,8,12,15H,6-7,10-11H2,1-3H3;3,6H,1-2H3. The second kappa shape index (κ2) is 9.91. The van der Waals surface area contributed by atoms with E-state index in [1.807, 2.05) is 18.2 Å². The average molecular weight is 380 g/mol. The van der Waals surface area contributed by atoms with E-state index in [1.54, 1.807) is 0 Å². The maximum Gasteiger partial charge on any atom is 0.150 e. The van der Waals surface area contributed by atoms with Crippen molar-refractivity contribution < 1.29 is 9.90 Å². The van der Waals surface area contributed by atoms with Crippen LogP contribution in [0.3, 0.4) is 0 Å². The SMILES string of the molecule is CC(C)(O)C=O.CC(C)CN(c1ccc(C#N)c(Cl)c1)C1CCN(C)C1. The Morgan fingerprint density at radius 3 is 2.50 bits per heavy atom. The molecule has 144 valence electrons. The fraction of sp³-hybridized carbons (Fsp3) is 0.600. The Hall–Kier alpha value is -1.61. The second-order valence-corrected chi connectivity index (χ2v) is 8.21. The molecule has 1 aromatic rings. The van der Waals surface area contributed by atoms with Crippen LogP contribution in [0.1, 0.15) is 39.7 Å². The highest BCUT2D eigenvalue weighted by Gasteiger charge is 2.26. The zero-order chi connectivity index (χ0) is 19.9. The van der Waals surface area contributed by atoms with Crippen molar-refractivity contribution in [2.24, 2.45) is 5.92 Å². The van der Waals surface area contributed by atoms with Crippen LogP contribution in [0.15, 0.2) is 18.2 Å². The molecule has 1 N–H and O–H groups in total. The number of likely N-dealkylation sites (tertiary alicyclic amines) is 1. The number of carbonyl (C=O) groups is 1. The van der Waals surface area contributed by atoms with Gasteiger partial charge >= 0.3 is 0 Å². The number of anilines is 1. The molecular weight excluding hydrogens is 350 g/mol. The molecule has 1 fully saturated rings. The Labute approximate surface area is 162 Å². The molecule has 0 aliphatic carbocycles. The zero-order valence-corrected chi connectivity index (χ0v) is 17.1. The number of hydrogen-bond donors (Lipinski definition) is 1. The van der Waals surface area contributed by atoms with Gasteiger partial charge < -0.3 is 19.7 Å². The Kier molecular flexibility index (Phi) is 8.55. The van der Waals surface area contributed by atoms with Crippen molar-refractivity contribution in [1.29, 1.82) is 5.26 Å². The normalized spacial score (nSPS) is 17.4. The van der Waals surface area contributed by atoms with Crippen LogP contribution in [0, 0.1) is 17.2 Å². The molecule has 1 saturated heterocycles. The molecule has 5 nitrogen and oxygen atoms in total. The van der Waals surface area contributed by atoms with Crippen molar-refractivity contribution in [1.82, 2.24) is 4.90 Å². The summed E-state index contributed by atoms with van der Waals surface area (Å²) in [6.07, 6.45) is 1.67. The topological polar surface area (TPSA) is 67.6 Å². The van der Waals surface area contributed by atoms with E-state index in [1.165, 1.54) is 20.3 Å². The van der Waals surface area contributed by atoms with Gasteiger partial charge in [-0.05, 0) is 58.0 Å². The third-order valence-electron chi connectivity index (χ3n) is 4.06. The van der Waals surface area contributed by atoms with E-state index in [0.717, 1.165) is 25.3 Å². The van der Waals surface area contributed by atoms with Crippen LogP contribution in [-0.4, -0.2) is 54.6 Å². The van der Waals surface area contributed by atoms with Gasteiger partial charge in [-0.2, -0.15) is 5.26 Å². The van der Waals surface area contributed by atoms with Gasteiger partial charge in [0, 0.05) is 24.8 Å². The number of benzene rings is 1. The van der Waals surface area contributed by atoms with Crippen LogP contribution in [-0.2, 0) is 4.79 Å². The van der Waals surface area contributed by atoms with Gasteiger partial charge in [-0.15, -0.1) is 0 Å². The first-order chi connectivity index (χ1) is 12.1. The van der Waals surface area contributed by atoms with E-state index in [0.29, 0.717) is 28.8 Å². The largest absolute Gasteiger partial charge is 0.383 e. The smallest absolute Gasteiger partial charge is 0.150 e. The lowest BCUT2D eigenvalue weighted by molar-refractivity contribution is -0.120. The third-order valence-corrected chi connectivity index (χ3v) is 4.37. The molecular formula is C20H30ClN3O2. The summed E-state index contributed by atoms with van der Waals surface area (Å²) in [5.74, 6) is 0.593. The van der Waals surface area contributed by atoms with E-state index in [-0.39, 0.29) is 0 Å². The van der Waals surface area contributed by atoms with Gasteiger partial charge in [0.1, 0.15) is 11.7 Å². The molecule has 0 radical (unpaired) electrons. The molecule has 1 aliphatic heterocycles. The number of nitriles is 1. The Morgan fingerprint density at radius 1 is 1.50 bits per heavy atom. The number of likely N-dealkylation sites (N-methyl/N-ethyl adjacent to an activating group) is 1. The predicted molar refractivity (Wildman–Crippen MR) is 107 cm³/mol. The van der Waals surface area contributed by atoms with Crippen LogP contribution in [0.25, 0.3) is 0 Å². The van der Waals surface area contributed by atoms with Gasteiger partial charge in [-0.3, -0.25) is 0 Å². The van der Waals surface area contributed by atoms with Gasteiger partial charge in [0.25, 0.3) is 0 Å². The summed E-state index contributed by atoms with van der Waals surface area (Å²) < 4.78 is 0. The molecule has 1 unspecified atom stereocenters. The van der Waals surface area contributed by atoms with Gasteiger partial charge in [-0.25, -0.2) is 0 Å². The monoisotopic (exact) mass is 379 g/mol. The second-order valence-electron chi connectivity index (χ2n) is 7.80. The van der Waals surface area contributed by atoms with Crippen LogP contribution in [0.5, 0.6) is 0 Å². The van der Waals surface area contributed by atoms with Crippen LogP contribution >= 0.6 is 11.6 Å². The lowest BCUT2D eigenvalue weighted by atomic mass is 10.1. The molecule has 2 rings (SSSR count). The molecule has 1 heterocycles. The lowest BCUT2D eigenvalue weighted by Gasteiger charge is -2.33. The molecule has 1 atom stereocenters. The number of aldehydes is 1. The van der Waals surface area contributed by atoms with Gasteiger partial charge in [0.2, 0.25) is 0 Å². The molecule has 0 saturated carbocycles. The number of halogens is 1. The van der Waals surface area contributed by atoms with E-state index in [4.69, 9.17) is 22.0 Å². The minimum atomic E-state index is -1.14. The molecule has 0 bridgehead atoms. The summed E-state index contributed by atoms with van der Waals surface area (Å²) in [6.45, 7) is 10.6. The third kappa shape index (κ3) is 7.33. The number of rotatable bonds is 5. The number of hydrogen-bond acceptors (Lipinski definition) is 5. The van der Waals surface area contributed by atoms with Crippen LogP contribution in [0.2, 0.25) is 5.02 Å². The van der Waals surface area contributed by atoms with Gasteiger partial charge in [0.15, 0.2) is 6.29 Å². The van der Waals surface area contributed by atoms with Crippen molar-refractivity contribution in [3.05, 3.63) is 28.8 Å². The highest BCUT2D eigenvalue weighted by molar-refractivity contribution is 6.32. The maximum absolute atomic E-state index is 9.58. The highest BCUT2D eigenvalue weighted by atomic mass is 35.5. The summed E-state index contributed by atoms with van der Waals surface area (Å²) in [7, 11) is 2.17. The quantitative estimate of drug-likeness (QED) is 0.795. The number of nitrogens with zero attached hydrogens (tertiary/aromatic N) is 3. The van der Waals surface area contributed by atoms with Crippen molar-refractivity contribution >= 4 is 23.6 Å². The van der Waals surface area contributed by atoms with Crippen LogP contribution in [0.4, 0.5) is 5.69 Å². The number of carbonyl (C=O) groups excluding carboxylic acids is 1. The molecule has 0 aromatic heterocycles. The summed E-state index contributed by atoms with van der Waals surface area (Å²) >= 11 is 6.19. The first-order valence-electron chi connectivity index (χ1n) is 8.91. The van der Waals surface area contributed by atoms with E-state index in [2.05, 4.69) is 36.8 Å². The molecule has 26 heavy (non-hydrogen) atoms. The van der Waals surface area contributed by atoms with Crippen molar-refractivity contribution in [2.75, 3.05) is 31.6 Å². The molecule has 1 aliphatic rings. The van der Waals surface area contributed by atoms with E-state index >= 15 is 0 Å². The summed E-state index contributed by atoms with van der Waals surface area (Å²) in [4.78, 5) is 14.4. The molecule has 6 heteroatoms. The van der Waals surface area contributed by atoms with E-state index < -0.39 is 5.60 Å². The van der Waals surface area contributed by atoms with Gasteiger partial charge in [0.05, 0.1) is 10.6 Å². The Bertz CT molecular complexity index is 635. The van der Waals surface area contributed by atoms with E-state index in [9.17, 15) is 4.79 Å². The first kappa shape index (κ1) is 22.4. The lowest BCUT2D eigenvalue weighted by Crippen LogP contribution is -2.39. The van der Waals surface area contributed by atoms with Gasteiger partial charge in [-0.1, -0.05) is 25.4 Å². The highest BCUT2D eigenvalue weighted by Crippen LogP contribution is 2.28. The minimum Gasteiger partial charge on any atom is -0.383 e. The van der Waals surface area contributed by atoms with Crippen molar-refractivity contribution in [3.63, 3.8) is 0 Å². The Morgan fingerprint density at radius 2 is 2.12 bits per heavy atom. The summed E-state index contributed by atoms with van der Waals surface area (Å²) in [6, 6.07) is 8.43. The summed E-state index contributed by atoms with van der Waals surface area (Å²) in [5, 5.41) is 18.0. The van der Waals surface area contributed by atoms with Crippen molar-refractivity contribution in [2.45, 2.75) is 45.8 Å². The Balaban J connectivity index is 0.000000487. The molecule has 0 amide bonds. The molecule has 1 aromatic carbocycles. The zero-order valence-electron chi connectivity index (χ0n) is 16.4. The van der Waals surface area contributed by atoms with Crippen LogP contribution < -0.4 is 4.90 Å². The average Bonchev–Trinajstić information content (AvgIpc) is 2.98. The fourth-order valence-electron chi connectivity index (χ4n) is 2.80. The maximum atomic E-state index is 9.58. The fourth-order valence-corrected chi connectivity index (χ4v) is 3.02. The molecule has 0 spiro atoms. The summed E-state index contributed by atoms with van der Waals surface area (Å²) in [5.41, 5.74) is 0.534. The number of aliphatic hydroxyl groups is 1.